The zero-order valence-corrected chi connectivity index (χ0v) is 11.0. The molecule has 1 heterocycles. The number of benzene rings is 1. The molecule has 100 valence electrons. The van der Waals surface area contributed by atoms with Crippen LogP contribution in [0.1, 0.15) is 29.7 Å². The second-order valence-corrected chi connectivity index (χ2v) is 4.55. The molecule has 1 N–H and O–H groups in total. The minimum Gasteiger partial charge on any atom is -0.306 e. The first-order valence-electron chi connectivity index (χ1n) is 6.16. The van der Waals surface area contributed by atoms with Gasteiger partial charge in [0, 0.05) is 30.5 Å². The van der Waals surface area contributed by atoms with Gasteiger partial charge in [0.05, 0.1) is 0 Å². The van der Waals surface area contributed by atoms with Crippen molar-refractivity contribution in [2.24, 2.45) is 0 Å². The van der Waals surface area contributed by atoms with Gasteiger partial charge in [-0.1, -0.05) is 12.1 Å². The number of hydrogen-bond donors (Lipinski definition) is 1. The van der Waals surface area contributed by atoms with E-state index in [0.717, 1.165) is 17.2 Å². The van der Waals surface area contributed by atoms with Gasteiger partial charge in [0.15, 0.2) is 11.6 Å². The number of halogens is 2. The van der Waals surface area contributed by atoms with Gasteiger partial charge in [-0.2, -0.15) is 0 Å². The van der Waals surface area contributed by atoms with Crippen LogP contribution in [0.15, 0.2) is 36.7 Å². The number of aromatic nitrogens is 1. The first kappa shape index (κ1) is 13.6. The Balaban J connectivity index is 2.08. The van der Waals surface area contributed by atoms with Crippen molar-refractivity contribution in [3.63, 3.8) is 0 Å². The third kappa shape index (κ3) is 3.15. The smallest absolute Gasteiger partial charge is 0.163 e. The molecule has 2 aromatic rings. The number of nitrogens with one attached hydrogen (secondary N) is 1. The molecular formula is C15H16F2N2. The van der Waals surface area contributed by atoms with E-state index in [2.05, 4.69) is 10.3 Å². The first-order valence-corrected chi connectivity index (χ1v) is 6.16. The molecule has 0 fully saturated rings. The average molecular weight is 262 g/mol. The van der Waals surface area contributed by atoms with Gasteiger partial charge in [0.2, 0.25) is 0 Å². The molecule has 0 aliphatic rings. The standard InChI is InChI=1S/C15H16F2N2/c1-10-6-7-18-8-12(10)9-19-11(2)13-4-3-5-14(16)15(13)17/h3-8,11,19H,9H2,1-2H3. The highest BCUT2D eigenvalue weighted by molar-refractivity contribution is 5.24. The Labute approximate surface area is 111 Å². The van der Waals surface area contributed by atoms with Gasteiger partial charge >= 0.3 is 0 Å². The van der Waals surface area contributed by atoms with Crippen LogP contribution in [0.2, 0.25) is 0 Å². The van der Waals surface area contributed by atoms with Crippen molar-refractivity contribution in [1.29, 1.82) is 0 Å². The predicted molar refractivity (Wildman–Crippen MR) is 70.6 cm³/mol. The molecule has 0 amide bonds. The minimum absolute atomic E-state index is 0.268. The number of hydrogen-bond acceptors (Lipinski definition) is 2. The molecular weight excluding hydrogens is 246 g/mol. The van der Waals surface area contributed by atoms with Crippen molar-refractivity contribution < 1.29 is 8.78 Å². The average Bonchev–Trinajstić information content (AvgIpc) is 2.40. The van der Waals surface area contributed by atoms with Crippen LogP contribution < -0.4 is 5.32 Å². The SMILES string of the molecule is Cc1ccncc1CNC(C)c1cccc(F)c1F. The Morgan fingerprint density at radius 3 is 2.79 bits per heavy atom. The van der Waals surface area contributed by atoms with Gasteiger partial charge in [0.1, 0.15) is 0 Å². The van der Waals surface area contributed by atoms with Crippen molar-refractivity contribution in [2.75, 3.05) is 0 Å². The van der Waals surface area contributed by atoms with E-state index < -0.39 is 11.6 Å². The third-order valence-corrected chi connectivity index (χ3v) is 3.19. The molecule has 0 aliphatic carbocycles. The van der Waals surface area contributed by atoms with Gasteiger partial charge in [-0.15, -0.1) is 0 Å². The van der Waals surface area contributed by atoms with E-state index in [9.17, 15) is 8.78 Å². The Morgan fingerprint density at radius 2 is 2.05 bits per heavy atom. The predicted octanol–water partition coefficient (Wildman–Crippen LogP) is 3.52. The van der Waals surface area contributed by atoms with Crippen molar-refractivity contribution >= 4 is 0 Å². The van der Waals surface area contributed by atoms with E-state index in [1.165, 1.54) is 6.07 Å². The summed E-state index contributed by atoms with van der Waals surface area (Å²) in [4.78, 5) is 4.05. The van der Waals surface area contributed by atoms with Crippen LogP contribution in [-0.4, -0.2) is 4.98 Å². The second-order valence-electron chi connectivity index (χ2n) is 4.55. The van der Waals surface area contributed by atoms with E-state index in [1.54, 1.807) is 18.5 Å². The second kappa shape index (κ2) is 5.89. The highest BCUT2D eigenvalue weighted by atomic mass is 19.2. The van der Waals surface area contributed by atoms with Crippen molar-refractivity contribution in [2.45, 2.75) is 26.4 Å². The maximum absolute atomic E-state index is 13.6. The molecule has 0 saturated heterocycles. The lowest BCUT2D eigenvalue weighted by molar-refractivity contribution is 0.472. The van der Waals surface area contributed by atoms with Crippen LogP contribution in [-0.2, 0) is 6.54 Å². The summed E-state index contributed by atoms with van der Waals surface area (Å²) in [6.45, 7) is 4.37. The lowest BCUT2D eigenvalue weighted by Crippen LogP contribution is -2.20. The van der Waals surface area contributed by atoms with Gasteiger partial charge in [-0.3, -0.25) is 4.98 Å². The quantitative estimate of drug-likeness (QED) is 0.912. The summed E-state index contributed by atoms with van der Waals surface area (Å²) in [5, 5.41) is 3.18. The molecule has 0 aliphatic heterocycles. The van der Waals surface area contributed by atoms with Crippen LogP contribution in [0.4, 0.5) is 8.78 Å². The fourth-order valence-electron chi connectivity index (χ4n) is 1.91. The molecule has 1 aromatic heterocycles. The normalized spacial score (nSPS) is 12.4. The molecule has 4 heteroatoms. The lowest BCUT2D eigenvalue weighted by Gasteiger charge is -2.16. The van der Waals surface area contributed by atoms with E-state index in [0.29, 0.717) is 12.1 Å². The van der Waals surface area contributed by atoms with Gasteiger partial charge in [-0.25, -0.2) is 8.78 Å². The van der Waals surface area contributed by atoms with Crippen LogP contribution in [0.5, 0.6) is 0 Å². The zero-order valence-electron chi connectivity index (χ0n) is 11.0. The summed E-state index contributed by atoms with van der Waals surface area (Å²) in [5.74, 6) is -1.60. The zero-order chi connectivity index (χ0) is 13.8. The highest BCUT2D eigenvalue weighted by Crippen LogP contribution is 2.19. The van der Waals surface area contributed by atoms with Gasteiger partial charge < -0.3 is 5.32 Å². The Kier molecular flexibility index (Phi) is 4.22. The molecule has 1 atom stereocenters. The van der Waals surface area contributed by atoms with E-state index >= 15 is 0 Å². The topological polar surface area (TPSA) is 24.9 Å². The largest absolute Gasteiger partial charge is 0.306 e. The molecule has 0 radical (unpaired) electrons. The summed E-state index contributed by atoms with van der Waals surface area (Å²) in [5.41, 5.74) is 2.50. The third-order valence-electron chi connectivity index (χ3n) is 3.19. The number of rotatable bonds is 4. The number of aryl methyl sites for hydroxylation is 1. The summed E-state index contributed by atoms with van der Waals surface area (Å²) in [6.07, 6.45) is 3.51. The minimum atomic E-state index is -0.816. The lowest BCUT2D eigenvalue weighted by atomic mass is 10.1. The first-order chi connectivity index (χ1) is 9.09. The van der Waals surface area contributed by atoms with E-state index in [1.807, 2.05) is 19.9 Å². The molecule has 0 spiro atoms. The Morgan fingerprint density at radius 1 is 1.26 bits per heavy atom. The molecule has 1 aromatic carbocycles. The monoisotopic (exact) mass is 262 g/mol. The Bertz CT molecular complexity index is 570. The van der Waals surface area contributed by atoms with Crippen molar-refractivity contribution in [3.8, 4) is 0 Å². The molecule has 19 heavy (non-hydrogen) atoms. The van der Waals surface area contributed by atoms with Crippen molar-refractivity contribution in [1.82, 2.24) is 10.3 Å². The van der Waals surface area contributed by atoms with Crippen LogP contribution in [0.25, 0.3) is 0 Å². The molecule has 1 unspecified atom stereocenters. The van der Waals surface area contributed by atoms with E-state index in [-0.39, 0.29) is 6.04 Å². The number of nitrogens with zero attached hydrogens (tertiary/aromatic N) is 1. The van der Waals surface area contributed by atoms with Gasteiger partial charge in [-0.05, 0) is 37.1 Å². The van der Waals surface area contributed by atoms with Gasteiger partial charge in [0.25, 0.3) is 0 Å². The molecule has 0 saturated carbocycles. The van der Waals surface area contributed by atoms with Crippen LogP contribution >= 0.6 is 0 Å². The fraction of sp³-hybridized carbons (Fsp3) is 0.267. The molecule has 2 rings (SSSR count). The Hall–Kier alpha value is -1.81. The van der Waals surface area contributed by atoms with E-state index in [4.69, 9.17) is 0 Å². The molecule has 2 nitrogen and oxygen atoms in total. The van der Waals surface area contributed by atoms with Crippen LogP contribution in [0.3, 0.4) is 0 Å². The highest BCUT2D eigenvalue weighted by Gasteiger charge is 2.13. The fourth-order valence-corrected chi connectivity index (χ4v) is 1.91. The summed E-state index contributed by atoms with van der Waals surface area (Å²) in [6, 6.07) is 5.88. The summed E-state index contributed by atoms with van der Waals surface area (Å²) in [7, 11) is 0. The summed E-state index contributed by atoms with van der Waals surface area (Å²) >= 11 is 0. The maximum Gasteiger partial charge on any atom is 0.163 e. The summed E-state index contributed by atoms with van der Waals surface area (Å²) < 4.78 is 26.8. The van der Waals surface area contributed by atoms with Crippen LogP contribution in [0, 0.1) is 18.6 Å². The maximum atomic E-state index is 13.6. The number of pyridine rings is 1. The van der Waals surface area contributed by atoms with Crippen molar-refractivity contribution in [3.05, 3.63) is 65.0 Å². The molecule has 0 bridgehead atoms.